The van der Waals surface area contributed by atoms with Gasteiger partial charge in [0, 0.05) is 13.0 Å². The van der Waals surface area contributed by atoms with E-state index in [1.54, 1.807) is 0 Å². The number of nitrogens with zero attached hydrogens (tertiary/aromatic N) is 1. The summed E-state index contributed by atoms with van der Waals surface area (Å²) in [6.45, 7) is 3.41. The molecule has 0 bridgehead atoms. The highest BCUT2D eigenvalue weighted by molar-refractivity contribution is 5.76. The van der Waals surface area contributed by atoms with E-state index in [0.29, 0.717) is 13.0 Å². The summed E-state index contributed by atoms with van der Waals surface area (Å²) in [7, 11) is 0. The van der Waals surface area contributed by atoms with Crippen LogP contribution < -0.4 is 5.73 Å². The highest BCUT2D eigenvalue weighted by atomic mass is 16.3. The van der Waals surface area contributed by atoms with Crippen LogP contribution in [0.2, 0.25) is 0 Å². The van der Waals surface area contributed by atoms with E-state index < -0.39 is 0 Å². The van der Waals surface area contributed by atoms with E-state index in [1.165, 1.54) is 0 Å². The van der Waals surface area contributed by atoms with Crippen molar-refractivity contribution in [2.45, 2.75) is 38.6 Å². The Labute approximate surface area is 91.4 Å². The Morgan fingerprint density at radius 2 is 2.33 bits per heavy atom. The van der Waals surface area contributed by atoms with Crippen LogP contribution in [0.15, 0.2) is 0 Å². The van der Waals surface area contributed by atoms with Crippen LogP contribution in [-0.4, -0.2) is 41.7 Å². The summed E-state index contributed by atoms with van der Waals surface area (Å²) in [5.74, 6) is 0.380. The lowest BCUT2D eigenvalue weighted by Crippen LogP contribution is -2.46. The van der Waals surface area contributed by atoms with Crippen LogP contribution in [0.25, 0.3) is 0 Å². The molecule has 0 aliphatic carbocycles. The molecule has 1 rings (SSSR count). The second-order valence-corrected chi connectivity index (χ2v) is 4.46. The number of hydrogen-bond donors (Lipinski definition) is 2. The van der Waals surface area contributed by atoms with Gasteiger partial charge < -0.3 is 15.7 Å². The van der Waals surface area contributed by atoms with Gasteiger partial charge >= 0.3 is 0 Å². The van der Waals surface area contributed by atoms with E-state index in [4.69, 9.17) is 5.73 Å². The maximum absolute atomic E-state index is 11.9. The summed E-state index contributed by atoms with van der Waals surface area (Å²) >= 11 is 0. The fourth-order valence-electron chi connectivity index (χ4n) is 2.02. The normalized spacial score (nSPS) is 23.9. The highest BCUT2D eigenvalue weighted by Gasteiger charge is 2.26. The minimum atomic E-state index is 0.0382. The van der Waals surface area contributed by atoms with Crippen LogP contribution in [0, 0.1) is 5.92 Å². The summed E-state index contributed by atoms with van der Waals surface area (Å²) in [4.78, 5) is 13.7. The van der Waals surface area contributed by atoms with Gasteiger partial charge in [0.15, 0.2) is 0 Å². The van der Waals surface area contributed by atoms with Gasteiger partial charge in [-0.15, -0.1) is 0 Å². The minimum Gasteiger partial charge on any atom is -0.394 e. The van der Waals surface area contributed by atoms with Crippen molar-refractivity contribution in [3.05, 3.63) is 0 Å². The summed E-state index contributed by atoms with van der Waals surface area (Å²) in [5.41, 5.74) is 5.50. The van der Waals surface area contributed by atoms with Crippen LogP contribution in [0.1, 0.15) is 32.6 Å². The van der Waals surface area contributed by atoms with Crippen molar-refractivity contribution in [1.82, 2.24) is 4.90 Å². The van der Waals surface area contributed by atoms with Crippen molar-refractivity contribution in [2.75, 3.05) is 19.7 Å². The molecule has 1 aliphatic heterocycles. The van der Waals surface area contributed by atoms with E-state index >= 15 is 0 Å². The predicted octanol–water partition coefficient (Wildman–Crippen LogP) is 0.345. The summed E-state index contributed by atoms with van der Waals surface area (Å²) in [6.07, 6.45) is 3.60. The highest BCUT2D eigenvalue weighted by Crippen LogP contribution is 2.18. The van der Waals surface area contributed by atoms with E-state index in [1.807, 2.05) is 11.8 Å². The molecular weight excluding hydrogens is 192 g/mol. The summed E-state index contributed by atoms with van der Waals surface area (Å²) in [5, 5.41) is 9.18. The molecule has 1 fully saturated rings. The fourth-order valence-corrected chi connectivity index (χ4v) is 2.02. The molecule has 88 valence electrons. The van der Waals surface area contributed by atoms with Gasteiger partial charge in [-0.05, 0) is 31.7 Å². The van der Waals surface area contributed by atoms with Crippen molar-refractivity contribution in [3.8, 4) is 0 Å². The topological polar surface area (TPSA) is 66.6 Å². The average Bonchev–Trinajstić information content (AvgIpc) is 2.28. The number of hydrogen-bond acceptors (Lipinski definition) is 3. The van der Waals surface area contributed by atoms with Crippen LogP contribution in [0.4, 0.5) is 0 Å². The molecule has 2 atom stereocenters. The predicted molar refractivity (Wildman–Crippen MR) is 59.3 cm³/mol. The van der Waals surface area contributed by atoms with Crippen LogP contribution in [0.3, 0.4) is 0 Å². The molecule has 0 aromatic rings. The monoisotopic (exact) mass is 214 g/mol. The van der Waals surface area contributed by atoms with E-state index in [0.717, 1.165) is 25.8 Å². The van der Waals surface area contributed by atoms with Gasteiger partial charge in [-0.3, -0.25) is 4.79 Å². The Hall–Kier alpha value is -0.610. The van der Waals surface area contributed by atoms with Gasteiger partial charge in [0.2, 0.25) is 5.91 Å². The molecule has 1 heterocycles. The molecule has 4 heteroatoms. The number of aliphatic hydroxyl groups excluding tert-OH is 1. The van der Waals surface area contributed by atoms with Crippen molar-refractivity contribution in [3.63, 3.8) is 0 Å². The van der Waals surface area contributed by atoms with Gasteiger partial charge in [-0.1, -0.05) is 6.92 Å². The first-order chi connectivity index (χ1) is 7.19. The third-order valence-electron chi connectivity index (χ3n) is 3.08. The number of rotatable bonds is 4. The number of piperidine rings is 1. The minimum absolute atomic E-state index is 0.0382. The zero-order chi connectivity index (χ0) is 11.3. The van der Waals surface area contributed by atoms with Crippen molar-refractivity contribution in [1.29, 1.82) is 0 Å². The maximum atomic E-state index is 11.9. The number of nitrogens with two attached hydrogens (primary N) is 1. The SMILES string of the molecule is CC(CN)CC(=O)N1CCCCC1CO. The second-order valence-electron chi connectivity index (χ2n) is 4.46. The standard InChI is InChI=1S/C11H22N2O2/c1-9(7-12)6-11(15)13-5-3-2-4-10(13)8-14/h9-10,14H,2-8,12H2,1H3. The van der Waals surface area contributed by atoms with Crippen LogP contribution in [0.5, 0.6) is 0 Å². The Morgan fingerprint density at radius 3 is 2.93 bits per heavy atom. The van der Waals surface area contributed by atoms with Crippen LogP contribution in [-0.2, 0) is 4.79 Å². The lowest BCUT2D eigenvalue weighted by atomic mass is 10.0. The lowest BCUT2D eigenvalue weighted by molar-refractivity contribution is -0.136. The first-order valence-electron chi connectivity index (χ1n) is 5.79. The molecule has 0 aromatic heterocycles. The molecule has 15 heavy (non-hydrogen) atoms. The molecule has 2 unspecified atom stereocenters. The number of likely N-dealkylation sites (tertiary alicyclic amines) is 1. The van der Waals surface area contributed by atoms with Gasteiger partial charge in [-0.25, -0.2) is 0 Å². The lowest BCUT2D eigenvalue weighted by Gasteiger charge is -2.35. The van der Waals surface area contributed by atoms with Gasteiger partial charge in [-0.2, -0.15) is 0 Å². The van der Waals surface area contributed by atoms with Crippen molar-refractivity contribution < 1.29 is 9.90 Å². The smallest absolute Gasteiger partial charge is 0.223 e. The largest absolute Gasteiger partial charge is 0.394 e. The number of amides is 1. The second kappa shape index (κ2) is 6.08. The Bertz CT molecular complexity index is 209. The third kappa shape index (κ3) is 3.47. The van der Waals surface area contributed by atoms with Crippen molar-refractivity contribution in [2.24, 2.45) is 11.7 Å². The van der Waals surface area contributed by atoms with E-state index in [9.17, 15) is 9.90 Å². The Balaban J connectivity index is 2.48. The molecule has 0 aromatic carbocycles. The Morgan fingerprint density at radius 1 is 1.60 bits per heavy atom. The zero-order valence-corrected chi connectivity index (χ0v) is 9.48. The first-order valence-corrected chi connectivity index (χ1v) is 5.79. The fraction of sp³-hybridized carbons (Fsp3) is 0.909. The maximum Gasteiger partial charge on any atom is 0.223 e. The molecule has 1 aliphatic rings. The van der Waals surface area contributed by atoms with Crippen LogP contribution >= 0.6 is 0 Å². The third-order valence-corrected chi connectivity index (χ3v) is 3.08. The summed E-state index contributed by atoms with van der Waals surface area (Å²) < 4.78 is 0. The van der Waals surface area contributed by atoms with E-state index in [-0.39, 0.29) is 24.5 Å². The van der Waals surface area contributed by atoms with Gasteiger partial charge in [0.1, 0.15) is 0 Å². The summed E-state index contributed by atoms with van der Waals surface area (Å²) in [6, 6.07) is 0.0382. The number of carbonyl (C=O) groups is 1. The van der Waals surface area contributed by atoms with Gasteiger partial charge in [0.05, 0.1) is 12.6 Å². The molecule has 3 N–H and O–H groups in total. The number of carbonyl (C=O) groups excluding carboxylic acids is 1. The Kier molecular flexibility index (Phi) is 5.05. The number of aliphatic hydroxyl groups is 1. The van der Waals surface area contributed by atoms with E-state index in [2.05, 4.69) is 0 Å². The molecule has 0 radical (unpaired) electrons. The molecule has 0 saturated carbocycles. The molecule has 1 amide bonds. The first kappa shape index (κ1) is 12.5. The van der Waals surface area contributed by atoms with Crippen molar-refractivity contribution >= 4 is 5.91 Å². The molecule has 0 spiro atoms. The average molecular weight is 214 g/mol. The molecular formula is C11H22N2O2. The quantitative estimate of drug-likeness (QED) is 0.709. The van der Waals surface area contributed by atoms with Gasteiger partial charge in [0.25, 0.3) is 0 Å². The molecule has 4 nitrogen and oxygen atoms in total. The zero-order valence-electron chi connectivity index (χ0n) is 9.48. The molecule has 1 saturated heterocycles.